The van der Waals surface area contributed by atoms with Gasteiger partial charge in [-0.25, -0.2) is 4.79 Å². The fourth-order valence-corrected chi connectivity index (χ4v) is 4.61. The van der Waals surface area contributed by atoms with E-state index >= 15 is 0 Å². The summed E-state index contributed by atoms with van der Waals surface area (Å²) in [4.78, 5) is 31.8. The monoisotopic (exact) mass is 506 g/mol. The zero-order valence-corrected chi connectivity index (χ0v) is 19.9. The third-order valence-electron chi connectivity index (χ3n) is 4.23. The van der Waals surface area contributed by atoms with Crippen LogP contribution in [0.25, 0.3) is 5.69 Å². The number of nitrogens with zero attached hydrogens (tertiary/aromatic N) is 1. The number of para-hydroxylation sites is 1. The van der Waals surface area contributed by atoms with E-state index in [2.05, 4.69) is 28.9 Å². The van der Waals surface area contributed by atoms with Crippen LogP contribution in [0.3, 0.4) is 0 Å². The molecule has 2 rings (SSSR count). The fourth-order valence-electron chi connectivity index (χ4n) is 2.73. The van der Waals surface area contributed by atoms with Gasteiger partial charge in [-0.3, -0.25) is 9.59 Å². The highest BCUT2D eigenvalue weighted by molar-refractivity contribution is 8.76. The second-order valence-electron chi connectivity index (χ2n) is 6.75. The number of carbonyl (C=O) groups is 3. The average Bonchev–Trinajstić information content (AvgIpc) is 3.01. The summed E-state index contributed by atoms with van der Waals surface area (Å²) < 4.78 is 33.8. The minimum Gasteiger partial charge on any atom is -0.481 e. The number of aryl methyl sites for hydroxylation is 2. The molecule has 1 amide bonds. The van der Waals surface area contributed by atoms with Gasteiger partial charge < -0.3 is 20.1 Å². The average molecular weight is 507 g/mol. The lowest BCUT2D eigenvalue weighted by Crippen LogP contribution is -2.26. The van der Waals surface area contributed by atoms with Gasteiger partial charge in [-0.05, 0) is 38.5 Å². The molecule has 0 radical (unpaired) electrons. The van der Waals surface area contributed by atoms with Gasteiger partial charge in [0, 0.05) is 35.1 Å². The van der Waals surface area contributed by atoms with E-state index in [1.807, 2.05) is 32.0 Å². The quantitative estimate of drug-likeness (QED) is 0.336. The summed E-state index contributed by atoms with van der Waals surface area (Å²) >= 11 is 0. The standard InChI is InChI=1S/C19H24N2O3S2.C2HF3O2/c1-13-6-4-5-7-17(13)21-14(2)12-16(15(21)3)19(24)20-9-11-26-25-10-8-18(22)23;3-2(4,5)1(6)7/h4-7,12H,8-11H2,1-3H3,(H,20,24)(H,22,23);(H,6,7). The SMILES string of the molecule is Cc1ccccc1-n1c(C)cc(C(=O)NCCSSCCC(=O)O)c1C.O=C(O)C(F)(F)F. The Hall–Kier alpha value is -2.60. The minimum absolute atomic E-state index is 0.0749. The van der Waals surface area contributed by atoms with Gasteiger partial charge >= 0.3 is 18.1 Å². The number of hydrogen-bond acceptors (Lipinski definition) is 5. The zero-order valence-electron chi connectivity index (χ0n) is 18.2. The first kappa shape index (κ1) is 28.4. The molecule has 0 unspecified atom stereocenters. The number of rotatable bonds is 9. The van der Waals surface area contributed by atoms with Crippen molar-refractivity contribution in [2.45, 2.75) is 33.4 Å². The maximum atomic E-state index is 12.5. The number of carboxylic acids is 2. The number of amides is 1. The largest absolute Gasteiger partial charge is 0.490 e. The fraction of sp³-hybridized carbons (Fsp3) is 0.381. The van der Waals surface area contributed by atoms with Crippen molar-refractivity contribution in [2.75, 3.05) is 18.1 Å². The Kier molecular flexibility index (Phi) is 11.4. The molecule has 0 saturated heterocycles. The summed E-state index contributed by atoms with van der Waals surface area (Å²) in [6.07, 6.45) is -4.92. The highest BCUT2D eigenvalue weighted by Gasteiger charge is 2.38. The van der Waals surface area contributed by atoms with Crippen LogP contribution in [-0.4, -0.2) is 56.9 Å². The molecule has 2 aromatic rings. The van der Waals surface area contributed by atoms with Crippen LogP contribution in [0.2, 0.25) is 0 Å². The minimum atomic E-state index is -5.08. The van der Waals surface area contributed by atoms with Crippen LogP contribution in [0.5, 0.6) is 0 Å². The van der Waals surface area contributed by atoms with Crippen LogP contribution < -0.4 is 5.32 Å². The van der Waals surface area contributed by atoms with Crippen LogP contribution in [0.15, 0.2) is 30.3 Å². The van der Waals surface area contributed by atoms with Crippen LogP contribution >= 0.6 is 21.6 Å². The van der Waals surface area contributed by atoms with Crippen molar-refractivity contribution in [2.24, 2.45) is 0 Å². The van der Waals surface area contributed by atoms with Crippen LogP contribution in [0, 0.1) is 20.8 Å². The molecule has 1 aromatic carbocycles. The molecule has 0 spiro atoms. The first-order valence-electron chi connectivity index (χ1n) is 9.65. The number of hydrogen-bond donors (Lipinski definition) is 3. The number of carbonyl (C=O) groups excluding carboxylic acids is 1. The number of nitrogens with one attached hydrogen (secondary N) is 1. The molecule has 0 bridgehead atoms. The van der Waals surface area contributed by atoms with Crippen LogP contribution in [0.1, 0.15) is 33.7 Å². The number of alkyl halides is 3. The molecule has 0 fully saturated rings. The first-order valence-corrected chi connectivity index (χ1v) is 12.1. The van der Waals surface area contributed by atoms with E-state index in [9.17, 15) is 22.8 Å². The van der Waals surface area contributed by atoms with Crippen molar-refractivity contribution >= 4 is 39.4 Å². The van der Waals surface area contributed by atoms with Gasteiger partial charge in [0.1, 0.15) is 0 Å². The molecule has 3 N–H and O–H groups in total. The number of benzene rings is 1. The van der Waals surface area contributed by atoms with Gasteiger partial charge in [-0.1, -0.05) is 39.8 Å². The van der Waals surface area contributed by atoms with E-state index in [0.717, 1.165) is 28.4 Å². The second-order valence-corrected chi connectivity index (χ2v) is 9.46. The molecule has 0 aliphatic rings. The Balaban J connectivity index is 0.000000675. The normalized spacial score (nSPS) is 10.8. The second kappa shape index (κ2) is 13.2. The van der Waals surface area contributed by atoms with Crippen molar-refractivity contribution < 1.29 is 37.8 Å². The van der Waals surface area contributed by atoms with Gasteiger partial charge in [-0.15, -0.1) is 0 Å². The van der Waals surface area contributed by atoms with Gasteiger partial charge in [-0.2, -0.15) is 13.2 Å². The van der Waals surface area contributed by atoms with Crippen molar-refractivity contribution in [3.63, 3.8) is 0 Å². The van der Waals surface area contributed by atoms with E-state index < -0.39 is 18.1 Å². The first-order chi connectivity index (χ1) is 15.4. The van der Waals surface area contributed by atoms with Crippen molar-refractivity contribution in [3.8, 4) is 5.69 Å². The third-order valence-corrected chi connectivity index (χ3v) is 6.64. The Morgan fingerprint density at radius 2 is 1.61 bits per heavy atom. The third kappa shape index (κ3) is 9.42. The molecule has 182 valence electrons. The van der Waals surface area contributed by atoms with Gasteiger partial charge in [0.2, 0.25) is 0 Å². The molecular weight excluding hydrogens is 481 g/mol. The van der Waals surface area contributed by atoms with E-state index in [0.29, 0.717) is 17.9 Å². The summed E-state index contributed by atoms with van der Waals surface area (Å²) in [6.45, 7) is 6.58. The molecule has 0 aliphatic carbocycles. The molecule has 0 aliphatic heterocycles. The van der Waals surface area contributed by atoms with Crippen LogP contribution in [0.4, 0.5) is 13.2 Å². The number of aliphatic carboxylic acids is 2. The molecule has 12 heteroatoms. The Morgan fingerprint density at radius 3 is 2.15 bits per heavy atom. The van der Waals surface area contributed by atoms with Crippen LogP contribution in [-0.2, 0) is 9.59 Å². The Bertz CT molecular complexity index is 977. The summed E-state index contributed by atoms with van der Waals surface area (Å²) in [6, 6.07) is 10.0. The smallest absolute Gasteiger partial charge is 0.481 e. The maximum absolute atomic E-state index is 12.5. The topological polar surface area (TPSA) is 109 Å². The lowest BCUT2D eigenvalue weighted by Gasteiger charge is -2.12. The summed E-state index contributed by atoms with van der Waals surface area (Å²) in [5.74, 6) is -2.30. The highest BCUT2D eigenvalue weighted by atomic mass is 33.1. The number of carboxylic acid groups (broad SMARTS) is 2. The lowest BCUT2D eigenvalue weighted by atomic mass is 10.2. The molecule has 0 atom stereocenters. The van der Waals surface area contributed by atoms with E-state index in [1.54, 1.807) is 10.8 Å². The molecular formula is C21H25F3N2O5S2. The molecule has 1 aromatic heterocycles. The van der Waals surface area contributed by atoms with E-state index in [1.165, 1.54) is 10.8 Å². The lowest BCUT2D eigenvalue weighted by molar-refractivity contribution is -0.192. The van der Waals surface area contributed by atoms with Crippen molar-refractivity contribution in [1.82, 2.24) is 9.88 Å². The van der Waals surface area contributed by atoms with Gasteiger partial charge in [0.05, 0.1) is 12.0 Å². The number of halogens is 3. The Morgan fingerprint density at radius 1 is 1.03 bits per heavy atom. The summed E-state index contributed by atoms with van der Waals surface area (Å²) in [7, 11) is 3.10. The molecule has 0 saturated carbocycles. The highest BCUT2D eigenvalue weighted by Crippen LogP contribution is 2.24. The zero-order chi connectivity index (χ0) is 25.2. The predicted molar refractivity (Wildman–Crippen MR) is 123 cm³/mol. The van der Waals surface area contributed by atoms with E-state index in [-0.39, 0.29) is 12.3 Å². The van der Waals surface area contributed by atoms with E-state index in [4.69, 9.17) is 15.0 Å². The maximum Gasteiger partial charge on any atom is 0.490 e. The van der Waals surface area contributed by atoms with Crippen molar-refractivity contribution in [1.29, 1.82) is 0 Å². The van der Waals surface area contributed by atoms with Crippen molar-refractivity contribution in [3.05, 3.63) is 52.8 Å². The molecule has 1 heterocycles. The Labute approximate surface area is 197 Å². The summed E-state index contributed by atoms with van der Waals surface area (Å²) in [5, 5.41) is 18.7. The predicted octanol–water partition coefficient (Wildman–Crippen LogP) is 4.62. The molecule has 33 heavy (non-hydrogen) atoms. The van der Waals surface area contributed by atoms with Gasteiger partial charge in [0.25, 0.3) is 5.91 Å². The number of aromatic nitrogens is 1. The van der Waals surface area contributed by atoms with Gasteiger partial charge in [0.15, 0.2) is 0 Å². The summed E-state index contributed by atoms with van der Waals surface area (Å²) in [5.41, 5.74) is 4.90. The molecule has 7 nitrogen and oxygen atoms in total.